The zero-order valence-electron chi connectivity index (χ0n) is 16.5. The van der Waals surface area contributed by atoms with E-state index in [2.05, 4.69) is 15.3 Å². The second-order valence-electron chi connectivity index (χ2n) is 7.22. The largest absolute Gasteiger partial charge is 0.497 e. The average Bonchev–Trinajstić information content (AvgIpc) is 2.76. The van der Waals surface area contributed by atoms with Crippen molar-refractivity contribution in [1.29, 1.82) is 0 Å². The highest BCUT2D eigenvalue weighted by atomic mass is 16.5. The Kier molecular flexibility index (Phi) is 6.99. The molecule has 154 valence electrons. The van der Waals surface area contributed by atoms with E-state index in [1.807, 2.05) is 24.3 Å². The van der Waals surface area contributed by atoms with Crippen molar-refractivity contribution in [2.24, 2.45) is 5.92 Å². The van der Waals surface area contributed by atoms with Gasteiger partial charge in [-0.15, -0.1) is 0 Å². The van der Waals surface area contributed by atoms with E-state index in [9.17, 15) is 14.4 Å². The molecule has 1 aromatic carbocycles. The second-order valence-corrected chi connectivity index (χ2v) is 7.22. The Labute approximate surface area is 169 Å². The Morgan fingerprint density at radius 1 is 1.38 bits per heavy atom. The number of rotatable bonds is 7. The lowest BCUT2D eigenvalue weighted by molar-refractivity contribution is -0.121. The minimum absolute atomic E-state index is 0.0139. The summed E-state index contributed by atoms with van der Waals surface area (Å²) in [6.07, 6.45) is 5.51. The lowest BCUT2D eigenvalue weighted by Crippen LogP contribution is -2.42. The van der Waals surface area contributed by atoms with Crippen LogP contribution in [0.15, 0.2) is 41.6 Å². The number of benzene rings is 1. The van der Waals surface area contributed by atoms with E-state index in [0.717, 1.165) is 24.2 Å². The van der Waals surface area contributed by atoms with Crippen LogP contribution >= 0.6 is 0 Å². The number of carbonyl (C=O) groups excluding carboxylic acids is 2. The van der Waals surface area contributed by atoms with Crippen molar-refractivity contribution in [3.8, 4) is 5.75 Å². The number of aromatic amines is 1. The summed E-state index contributed by atoms with van der Waals surface area (Å²) in [5.74, 6) is 0.689. The number of likely N-dealkylation sites (tertiary alicyclic amines) is 1. The van der Waals surface area contributed by atoms with Crippen molar-refractivity contribution in [2.45, 2.75) is 32.2 Å². The van der Waals surface area contributed by atoms with Crippen molar-refractivity contribution in [3.05, 3.63) is 58.3 Å². The summed E-state index contributed by atoms with van der Waals surface area (Å²) in [5.41, 5.74) is 0.613. The summed E-state index contributed by atoms with van der Waals surface area (Å²) in [7, 11) is 1.61. The number of methoxy groups -OCH3 is 1. The summed E-state index contributed by atoms with van der Waals surface area (Å²) in [5, 5.41) is 2.93. The van der Waals surface area contributed by atoms with Gasteiger partial charge in [0.1, 0.15) is 11.3 Å². The molecule has 0 radical (unpaired) electrons. The fourth-order valence-corrected chi connectivity index (χ4v) is 3.56. The zero-order chi connectivity index (χ0) is 20.6. The molecule has 3 rings (SSSR count). The predicted octanol–water partition coefficient (Wildman–Crippen LogP) is 1.73. The van der Waals surface area contributed by atoms with Gasteiger partial charge >= 0.3 is 0 Å². The van der Waals surface area contributed by atoms with Gasteiger partial charge in [-0.05, 0) is 42.9 Å². The summed E-state index contributed by atoms with van der Waals surface area (Å²) in [4.78, 5) is 44.6. The van der Waals surface area contributed by atoms with E-state index in [4.69, 9.17) is 4.74 Å². The standard InChI is InChI=1S/C21H26N4O4/c1-29-17-6-2-4-16(10-17)11-23-19(26)8-7-15-5-3-9-25(13-15)21(28)18-12-22-14-24-20(18)27/h2,4,6,10,12,14-15H,3,5,7-9,11,13H2,1H3,(H,23,26)(H,22,24,27). The number of H-pyrrole nitrogens is 1. The van der Waals surface area contributed by atoms with E-state index in [1.54, 1.807) is 12.0 Å². The van der Waals surface area contributed by atoms with Gasteiger partial charge in [-0.2, -0.15) is 0 Å². The molecule has 1 aliphatic rings. The molecule has 1 atom stereocenters. The summed E-state index contributed by atoms with van der Waals surface area (Å²) in [6.45, 7) is 1.62. The number of piperidine rings is 1. The first-order chi connectivity index (χ1) is 14.1. The lowest BCUT2D eigenvalue weighted by atomic mass is 9.93. The van der Waals surface area contributed by atoms with Crippen molar-refractivity contribution in [1.82, 2.24) is 20.2 Å². The van der Waals surface area contributed by atoms with Gasteiger partial charge in [-0.1, -0.05) is 12.1 Å². The summed E-state index contributed by atoms with van der Waals surface area (Å²) in [6, 6.07) is 7.58. The highest BCUT2D eigenvalue weighted by Crippen LogP contribution is 2.22. The van der Waals surface area contributed by atoms with Crippen molar-refractivity contribution in [2.75, 3.05) is 20.2 Å². The Balaban J connectivity index is 1.46. The first kappa shape index (κ1) is 20.6. The highest BCUT2D eigenvalue weighted by Gasteiger charge is 2.26. The second kappa shape index (κ2) is 9.86. The number of nitrogens with one attached hydrogen (secondary N) is 2. The fraction of sp³-hybridized carbons (Fsp3) is 0.429. The minimum atomic E-state index is -0.427. The Morgan fingerprint density at radius 3 is 3.03 bits per heavy atom. The smallest absolute Gasteiger partial charge is 0.263 e. The molecule has 2 aromatic rings. The molecule has 1 aliphatic heterocycles. The van der Waals surface area contributed by atoms with Gasteiger partial charge < -0.3 is 19.9 Å². The molecule has 8 nitrogen and oxygen atoms in total. The van der Waals surface area contributed by atoms with Gasteiger partial charge in [0.15, 0.2) is 0 Å². The molecule has 0 spiro atoms. The third-order valence-corrected chi connectivity index (χ3v) is 5.16. The van der Waals surface area contributed by atoms with Crippen LogP contribution in [0.3, 0.4) is 0 Å². The summed E-state index contributed by atoms with van der Waals surface area (Å²) < 4.78 is 5.19. The molecule has 2 amide bonds. The van der Waals surface area contributed by atoms with Gasteiger partial charge in [0.2, 0.25) is 5.91 Å². The number of carbonyl (C=O) groups is 2. The highest BCUT2D eigenvalue weighted by molar-refractivity contribution is 5.93. The number of aromatic nitrogens is 2. The monoisotopic (exact) mass is 398 g/mol. The first-order valence-corrected chi connectivity index (χ1v) is 9.78. The lowest BCUT2D eigenvalue weighted by Gasteiger charge is -2.32. The zero-order valence-corrected chi connectivity index (χ0v) is 16.5. The Hall–Kier alpha value is -3.16. The van der Waals surface area contributed by atoms with E-state index < -0.39 is 5.56 Å². The van der Waals surface area contributed by atoms with Gasteiger partial charge in [-0.25, -0.2) is 4.98 Å². The number of hydrogen-bond acceptors (Lipinski definition) is 5. The fourth-order valence-electron chi connectivity index (χ4n) is 3.56. The van der Waals surface area contributed by atoms with Crippen LogP contribution in [0.2, 0.25) is 0 Å². The number of nitrogens with zero attached hydrogens (tertiary/aromatic N) is 2. The van der Waals surface area contributed by atoms with E-state index in [-0.39, 0.29) is 23.3 Å². The van der Waals surface area contributed by atoms with Crippen LogP contribution in [0.5, 0.6) is 5.75 Å². The van der Waals surface area contributed by atoms with Crippen LogP contribution in [0.4, 0.5) is 0 Å². The number of ether oxygens (including phenoxy) is 1. The van der Waals surface area contributed by atoms with Crippen LogP contribution in [0, 0.1) is 5.92 Å². The van der Waals surface area contributed by atoms with E-state index >= 15 is 0 Å². The van der Waals surface area contributed by atoms with Crippen molar-refractivity contribution >= 4 is 11.8 Å². The van der Waals surface area contributed by atoms with E-state index in [0.29, 0.717) is 32.5 Å². The third-order valence-electron chi connectivity index (χ3n) is 5.16. The molecular weight excluding hydrogens is 372 g/mol. The molecule has 0 saturated carbocycles. The molecular formula is C21H26N4O4. The first-order valence-electron chi connectivity index (χ1n) is 9.78. The number of hydrogen-bond donors (Lipinski definition) is 2. The molecule has 0 bridgehead atoms. The van der Waals surface area contributed by atoms with Gasteiger partial charge in [0, 0.05) is 32.3 Å². The van der Waals surface area contributed by atoms with Crippen LogP contribution < -0.4 is 15.6 Å². The molecule has 8 heteroatoms. The van der Waals surface area contributed by atoms with Gasteiger partial charge in [0.05, 0.1) is 13.4 Å². The molecule has 1 fully saturated rings. The van der Waals surface area contributed by atoms with Crippen LogP contribution in [-0.4, -0.2) is 46.9 Å². The van der Waals surface area contributed by atoms with Gasteiger partial charge in [0.25, 0.3) is 11.5 Å². The minimum Gasteiger partial charge on any atom is -0.497 e. The molecule has 1 aromatic heterocycles. The predicted molar refractivity (Wildman–Crippen MR) is 108 cm³/mol. The summed E-state index contributed by atoms with van der Waals surface area (Å²) >= 11 is 0. The van der Waals surface area contributed by atoms with Crippen LogP contribution in [-0.2, 0) is 11.3 Å². The molecule has 2 heterocycles. The normalized spacial score (nSPS) is 16.3. The topological polar surface area (TPSA) is 104 Å². The van der Waals surface area contributed by atoms with Crippen LogP contribution in [0.1, 0.15) is 41.6 Å². The molecule has 1 saturated heterocycles. The Morgan fingerprint density at radius 2 is 2.24 bits per heavy atom. The maximum Gasteiger partial charge on any atom is 0.263 e. The number of amides is 2. The SMILES string of the molecule is COc1cccc(CNC(=O)CCC2CCCN(C(=O)c3cnc[nH]c3=O)C2)c1. The molecule has 1 unspecified atom stereocenters. The molecule has 2 N–H and O–H groups in total. The Bertz CT molecular complexity index is 911. The van der Waals surface area contributed by atoms with Crippen molar-refractivity contribution < 1.29 is 14.3 Å². The quantitative estimate of drug-likeness (QED) is 0.739. The van der Waals surface area contributed by atoms with Gasteiger partial charge in [-0.3, -0.25) is 14.4 Å². The van der Waals surface area contributed by atoms with Crippen molar-refractivity contribution in [3.63, 3.8) is 0 Å². The molecule has 0 aliphatic carbocycles. The van der Waals surface area contributed by atoms with Crippen LogP contribution in [0.25, 0.3) is 0 Å². The molecule has 29 heavy (non-hydrogen) atoms. The maximum absolute atomic E-state index is 12.6. The van der Waals surface area contributed by atoms with E-state index in [1.165, 1.54) is 12.5 Å². The average molecular weight is 398 g/mol. The maximum atomic E-state index is 12.6. The third kappa shape index (κ3) is 5.66.